The number of ether oxygens (including phenoxy) is 1. The van der Waals surface area contributed by atoms with E-state index in [-0.39, 0.29) is 43.0 Å². The molecule has 0 fully saturated rings. The van der Waals surface area contributed by atoms with E-state index in [2.05, 4.69) is 4.98 Å². The normalized spacial score (nSPS) is 11.2. The summed E-state index contributed by atoms with van der Waals surface area (Å²) in [6.45, 7) is 0.102. The Labute approximate surface area is 262 Å². The van der Waals surface area contributed by atoms with Gasteiger partial charge in [0.1, 0.15) is 17.3 Å². The number of para-hydroxylation sites is 1. The molecule has 1 heterocycles. The molecule has 0 aliphatic heterocycles. The molecule has 0 aliphatic rings. The number of hydrogen-bond acceptors (Lipinski definition) is 7. The maximum Gasteiger partial charge on any atom is 0.417 e. The number of carbonyl (C=O) groups is 4. The van der Waals surface area contributed by atoms with Crippen LogP contribution in [0.4, 0.5) is 23.4 Å². The molecule has 3 aromatic carbocycles. The average molecular weight is 635 g/mol. The van der Waals surface area contributed by atoms with Crippen molar-refractivity contribution in [3.05, 3.63) is 124 Å². The number of pyridine rings is 1. The van der Waals surface area contributed by atoms with Crippen LogP contribution in [-0.4, -0.2) is 42.3 Å². The maximum absolute atomic E-state index is 14.7. The molecule has 0 spiro atoms. The number of ketones is 4. The second-order valence-corrected chi connectivity index (χ2v) is 10.4. The summed E-state index contributed by atoms with van der Waals surface area (Å²) in [7, 11) is 3.05. The molecule has 0 unspecified atom stereocenters. The third-order valence-electron chi connectivity index (χ3n) is 7.31. The minimum atomic E-state index is -4.71. The lowest BCUT2D eigenvalue weighted by Gasteiger charge is -2.20. The number of Topliss-reactive ketones (excluding diaryl/α,β-unsaturated/α-hetero) is 4. The van der Waals surface area contributed by atoms with Crippen molar-refractivity contribution < 1.29 is 41.5 Å². The van der Waals surface area contributed by atoms with Gasteiger partial charge in [0.25, 0.3) is 0 Å². The van der Waals surface area contributed by atoms with Crippen molar-refractivity contribution in [2.45, 2.75) is 38.4 Å². The SMILES string of the molecule is COc1ccccc1C(=O)CCC(=O)c1nc(N(C)Cc2ccccc2C(=O)CCC(=O)c2ccccc2C(F)(F)F)ccc1F. The van der Waals surface area contributed by atoms with Gasteiger partial charge in [-0.2, -0.15) is 13.2 Å². The first-order chi connectivity index (χ1) is 21.9. The first-order valence-electron chi connectivity index (χ1n) is 14.3. The molecule has 4 aromatic rings. The van der Waals surface area contributed by atoms with Gasteiger partial charge in [-0.05, 0) is 35.9 Å². The highest BCUT2D eigenvalue weighted by Gasteiger charge is 2.34. The van der Waals surface area contributed by atoms with Gasteiger partial charge >= 0.3 is 6.18 Å². The topological polar surface area (TPSA) is 93.6 Å². The number of halogens is 4. The Kier molecular flexibility index (Phi) is 10.8. The van der Waals surface area contributed by atoms with Gasteiger partial charge in [-0.1, -0.05) is 54.6 Å². The van der Waals surface area contributed by atoms with Crippen LogP contribution in [0.1, 0.15) is 78.4 Å². The third kappa shape index (κ3) is 8.09. The van der Waals surface area contributed by atoms with E-state index in [9.17, 15) is 36.7 Å². The molecule has 0 radical (unpaired) electrons. The zero-order valence-corrected chi connectivity index (χ0v) is 25.1. The second-order valence-electron chi connectivity index (χ2n) is 10.4. The Balaban J connectivity index is 1.43. The first-order valence-corrected chi connectivity index (χ1v) is 14.3. The molecule has 0 N–H and O–H groups in total. The summed E-state index contributed by atoms with van der Waals surface area (Å²) in [6, 6.07) is 20.0. The molecule has 4 rings (SSSR count). The monoisotopic (exact) mass is 634 g/mol. The van der Waals surface area contributed by atoms with E-state index in [0.29, 0.717) is 16.9 Å². The number of carbonyl (C=O) groups excluding carboxylic acids is 4. The van der Waals surface area contributed by atoms with Crippen LogP contribution in [0.15, 0.2) is 84.9 Å². The highest BCUT2D eigenvalue weighted by molar-refractivity contribution is 6.04. The molecule has 46 heavy (non-hydrogen) atoms. The van der Waals surface area contributed by atoms with Crippen LogP contribution < -0.4 is 9.64 Å². The number of aromatic nitrogens is 1. The fraction of sp³-hybridized carbons (Fsp3) is 0.229. The maximum atomic E-state index is 14.7. The minimum absolute atomic E-state index is 0.102. The fourth-order valence-corrected chi connectivity index (χ4v) is 4.93. The van der Waals surface area contributed by atoms with Crippen molar-refractivity contribution in [2.75, 3.05) is 19.1 Å². The Hall–Kier alpha value is -5.19. The molecule has 0 bridgehead atoms. The summed E-state index contributed by atoms with van der Waals surface area (Å²) in [5.74, 6) is -2.50. The predicted octanol–water partition coefficient (Wildman–Crippen LogP) is 7.58. The van der Waals surface area contributed by atoms with Crippen LogP contribution in [-0.2, 0) is 12.7 Å². The van der Waals surface area contributed by atoms with E-state index < -0.39 is 52.6 Å². The molecule has 0 saturated heterocycles. The smallest absolute Gasteiger partial charge is 0.417 e. The van der Waals surface area contributed by atoms with Gasteiger partial charge in [0.2, 0.25) is 0 Å². The predicted molar refractivity (Wildman–Crippen MR) is 163 cm³/mol. The first kappa shape index (κ1) is 33.7. The summed E-state index contributed by atoms with van der Waals surface area (Å²) >= 11 is 0. The number of methoxy groups -OCH3 is 1. The van der Waals surface area contributed by atoms with Crippen LogP contribution >= 0.6 is 0 Å². The van der Waals surface area contributed by atoms with Gasteiger partial charge in [-0.25, -0.2) is 9.37 Å². The van der Waals surface area contributed by atoms with E-state index in [4.69, 9.17) is 4.74 Å². The van der Waals surface area contributed by atoms with Crippen molar-refractivity contribution in [1.29, 1.82) is 0 Å². The Bertz CT molecular complexity index is 1770. The molecule has 7 nitrogen and oxygen atoms in total. The highest BCUT2D eigenvalue weighted by atomic mass is 19.4. The molecular weight excluding hydrogens is 604 g/mol. The number of alkyl halides is 3. The zero-order valence-electron chi connectivity index (χ0n) is 25.1. The summed E-state index contributed by atoms with van der Waals surface area (Å²) in [5, 5.41) is 0. The van der Waals surface area contributed by atoms with Crippen LogP contribution in [0.3, 0.4) is 0 Å². The number of rotatable bonds is 14. The van der Waals surface area contributed by atoms with E-state index in [1.165, 1.54) is 25.3 Å². The Morgan fingerprint density at radius 3 is 1.87 bits per heavy atom. The van der Waals surface area contributed by atoms with Gasteiger partial charge in [-0.15, -0.1) is 0 Å². The van der Waals surface area contributed by atoms with Crippen molar-refractivity contribution >= 4 is 29.0 Å². The number of anilines is 1. The van der Waals surface area contributed by atoms with Gasteiger partial charge in [-0.3, -0.25) is 19.2 Å². The van der Waals surface area contributed by atoms with E-state index in [1.807, 2.05) is 0 Å². The molecular formula is C35H30F4N2O5. The van der Waals surface area contributed by atoms with E-state index in [1.54, 1.807) is 60.5 Å². The minimum Gasteiger partial charge on any atom is -0.496 e. The molecule has 11 heteroatoms. The van der Waals surface area contributed by atoms with Gasteiger partial charge in [0.15, 0.2) is 29.0 Å². The summed E-state index contributed by atoms with van der Waals surface area (Å²) in [5.41, 5.74) is -0.878. The standard InChI is InChI=1S/C35H30F4N2O5/c1-41(33-20-15-27(36)34(40-33)31(45)19-18-30(44)25-12-6-8-14-32(25)46-2)21-22-9-3-4-10-23(22)28(42)16-17-29(43)24-11-5-7-13-26(24)35(37,38)39/h3-15,20H,16-19,21H2,1-2H3. The molecule has 0 atom stereocenters. The second kappa shape index (κ2) is 14.7. The van der Waals surface area contributed by atoms with E-state index >= 15 is 0 Å². The molecule has 0 saturated carbocycles. The lowest BCUT2D eigenvalue weighted by atomic mass is 9.96. The molecule has 1 aromatic heterocycles. The van der Waals surface area contributed by atoms with Crippen molar-refractivity contribution in [1.82, 2.24) is 4.98 Å². The van der Waals surface area contributed by atoms with Gasteiger partial charge < -0.3 is 9.64 Å². The number of benzene rings is 3. The molecule has 238 valence electrons. The van der Waals surface area contributed by atoms with Crippen molar-refractivity contribution in [3.63, 3.8) is 0 Å². The van der Waals surface area contributed by atoms with Crippen LogP contribution in [0.25, 0.3) is 0 Å². The third-order valence-corrected chi connectivity index (χ3v) is 7.31. The van der Waals surface area contributed by atoms with E-state index in [0.717, 1.165) is 18.2 Å². The number of nitrogens with zero attached hydrogens (tertiary/aromatic N) is 2. The average Bonchev–Trinajstić information content (AvgIpc) is 3.05. The molecule has 0 amide bonds. The van der Waals surface area contributed by atoms with Crippen LogP contribution in [0.2, 0.25) is 0 Å². The van der Waals surface area contributed by atoms with Gasteiger partial charge in [0.05, 0.1) is 18.2 Å². The van der Waals surface area contributed by atoms with Crippen LogP contribution in [0, 0.1) is 5.82 Å². The van der Waals surface area contributed by atoms with Crippen LogP contribution in [0.5, 0.6) is 5.75 Å². The Morgan fingerprint density at radius 1 is 0.696 bits per heavy atom. The zero-order chi connectivity index (χ0) is 33.4. The summed E-state index contributed by atoms with van der Waals surface area (Å²) in [6.07, 6.45) is -5.90. The highest BCUT2D eigenvalue weighted by Crippen LogP contribution is 2.32. The lowest BCUT2D eigenvalue weighted by Crippen LogP contribution is -2.21. The van der Waals surface area contributed by atoms with Crippen molar-refractivity contribution in [2.24, 2.45) is 0 Å². The lowest BCUT2D eigenvalue weighted by molar-refractivity contribution is -0.137. The summed E-state index contributed by atoms with van der Waals surface area (Å²) in [4.78, 5) is 57.1. The largest absolute Gasteiger partial charge is 0.496 e. The quantitative estimate of drug-likeness (QED) is 0.104. The molecule has 0 aliphatic carbocycles. The van der Waals surface area contributed by atoms with Gasteiger partial charge in [0, 0.05) is 50.4 Å². The number of hydrogen-bond donors (Lipinski definition) is 0. The Morgan fingerprint density at radius 2 is 1.22 bits per heavy atom. The fourth-order valence-electron chi connectivity index (χ4n) is 4.93. The van der Waals surface area contributed by atoms with Crippen molar-refractivity contribution in [3.8, 4) is 5.75 Å². The summed E-state index contributed by atoms with van der Waals surface area (Å²) < 4.78 is 59.9.